The molecule has 1 aromatic heterocycles. The van der Waals surface area contributed by atoms with Crippen LogP contribution >= 0.6 is 11.3 Å². The van der Waals surface area contributed by atoms with E-state index in [9.17, 15) is 0 Å². The lowest BCUT2D eigenvalue weighted by Crippen LogP contribution is -2.30. The van der Waals surface area contributed by atoms with E-state index in [1.165, 1.54) is 38.5 Å². The molecule has 2 N–H and O–H groups in total. The maximum absolute atomic E-state index is 4.31. The summed E-state index contributed by atoms with van der Waals surface area (Å²) in [5.74, 6) is 0. The van der Waals surface area contributed by atoms with Gasteiger partial charge in [-0.25, -0.2) is 0 Å². The molecule has 0 bridgehead atoms. The van der Waals surface area contributed by atoms with E-state index in [1.54, 1.807) is 11.3 Å². The van der Waals surface area contributed by atoms with Crippen molar-refractivity contribution < 1.29 is 0 Å². The van der Waals surface area contributed by atoms with Gasteiger partial charge in [-0.3, -0.25) is 0 Å². The molecule has 0 aliphatic heterocycles. The number of aromatic nitrogens is 2. The van der Waals surface area contributed by atoms with E-state index in [-0.39, 0.29) is 11.1 Å². The number of rotatable bonds is 12. The summed E-state index contributed by atoms with van der Waals surface area (Å²) in [5.41, 5.74) is 0.144. The zero-order chi connectivity index (χ0) is 17.3. The van der Waals surface area contributed by atoms with Crippen molar-refractivity contribution in [2.75, 3.05) is 10.6 Å². The Labute approximate surface area is 146 Å². The summed E-state index contributed by atoms with van der Waals surface area (Å²) in [6, 6.07) is 0. The fourth-order valence-corrected chi connectivity index (χ4v) is 3.66. The van der Waals surface area contributed by atoms with Crippen LogP contribution in [-0.2, 0) is 0 Å². The first-order chi connectivity index (χ1) is 10.8. The molecule has 0 radical (unpaired) electrons. The second-order valence-corrected chi connectivity index (χ2v) is 8.82. The van der Waals surface area contributed by atoms with Gasteiger partial charge in [0.15, 0.2) is 0 Å². The van der Waals surface area contributed by atoms with Gasteiger partial charge in [0, 0.05) is 11.1 Å². The normalized spacial score (nSPS) is 12.4. The third-order valence-electron chi connectivity index (χ3n) is 4.13. The van der Waals surface area contributed by atoms with Gasteiger partial charge in [0.1, 0.15) is 0 Å². The molecular formula is C18H36N4S. The highest BCUT2D eigenvalue weighted by molar-refractivity contribution is 7.19. The van der Waals surface area contributed by atoms with Gasteiger partial charge in [-0.2, -0.15) is 0 Å². The summed E-state index contributed by atoms with van der Waals surface area (Å²) in [7, 11) is 0. The van der Waals surface area contributed by atoms with Crippen molar-refractivity contribution in [2.45, 2.75) is 104 Å². The van der Waals surface area contributed by atoms with E-state index in [0.29, 0.717) is 0 Å². The molecule has 1 aromatic rings. The molecule has 0 unspecified atom stereocenters. The minimum Gasteiger partial charge on any atom is -0.355 e. The SMILES string of the molecule is CCCCCC(C)(C)Nc1nnc(NC(C)(C)CCCCC)s1. The van der Waals surface area contributed by atoms with E-state index in [1.807, 2.05) is 0 Å². The molecule has 23 heavy (non-hydrogen) atoms. The highest BCUT2D eigenvalue weighted by Gasteiger charge is 2.21. The summed E-state index contributed by atoms with van der Waals surface area (Å²) in [5, 5.41) is 17.5. The minimum absolute atomic E-state index is 0.0720. The van der Waals surface area contributed by atoms with Crippen LogP contribution in [0.15, 0.2) is 0 Å². The van der Waals surface area contributed by atoms with Gasteiger partial charge in [0.25, 0.3) is 0 Å². The zero-order valence-electron chi connectivity index (χ0n) is 16.0. The first-order valence-corrected chi connectivity index (χ1v) is 9.99. The first-order valence-electron chi connectivity index (χ1n) is 9.18. The van der Waals surface area contributed by atoms with Gasteiger partial charge in [-0.15, -0.1) is 10.2 Å². The minimum atomic E-state index is 0.0720. The Morgan fingerprint density at radius 3 is 1.48 bits per heavy atom. The van der Waals surface area contributed by atoms with Crippen LogP contribution in [-0.4, -0.2) is 21.3 Å². The smallest absolute Gasteiger partial charge is 0.207 e. The van der Waals surface area contributed by atoms with Crippen molar-refractivity contribution in [3.05, 3.63) is 0 Å². The average Bonchev–Trinajstić information content (AvgIpc) is 2.84. The van der Waals surface area contributed by atoms with E-state index in [2.05, 4.69) is 62.4 Å². The number of hydrogen-bond acceptors (Lipinski definition) is 5. The van der Waals surface area contributed by atoms with Crippen molar-refractivity contribution in [1.29, 1.82) is 0 Å². The Morgan fingerprint density at radius 2 is 1.13 bits per heavy atom. The summed E-state index contributed by atoms with van der Waals surface area (Å²) >= 11 is 1.62. The molecule has 0 saturated carbocycles. The Morgan fingerprint density at radius 1 is 0.739 bits per heavy atom. The molecule has 5 heteroatoms. The quantitative estimate of drug-likeness (QED) is 0.453. The largest absolute Gasteiger partial charge is 0.355 e. The predicted octanol–water partition coefficient (Wildman–Crippen LogP) is 6.08. The molecular weight excluding hydrogens is 304 g/mol. The Kier molecular flexibility index (Phi) is 8.31. The van der Waals surface area contributed by atoms with E-state index >= 15 is 0 Å². The maximum atomic E-state index is 4.31. The Balaban J connectivity index is 2.50. The highest BCUT2D eigenvalue weighted by Crippen LogP contribution is 2.28. The number of unbranched alkanes of at least 4 members (excludes halogenated alkanes) is 4. The third kappa shape index (κ3) is 8.54. The van der Waals surface area contributed by atoms with Gasteiger partial charge >= 0.3 is 0 Å². The lowest BCUT2D eigenvalue weighted by molar-refractivity contribution is 0.481. The fourth-order valence-electron chi connectivity index (χ4n) is 2.66. The third-order valence-corrected chi connectivity index (χ3v) is 4.88. The number of nitrogens with zero attached hydrogens (tertiary/aromatic N) is 2. The number of nitrogens with one attached hydrogen (secondary N) is 2. The zero-order valence-corrected chi connectivity index (χ0v) is 16.8. The second kappa shape index (κ2) is 9.45. The highest BCUT2D eigenvalue weighted by atomic mass is 32.1. The second-order valence-electron chi connectivity index (χ2n) is 7.84. The van der Waals surface area contributed by atoms with E-state index < -0.39 is 0 Å². The fraction of sp³-hybridized carbons (Fsp3) is 0.889. The van der Waals surface area contributed by atoms with Crippen LogP contribution in [0.4, 0.5) is 10.3 Å². The van der Waals surface area contributed by atoms with Crippen molar-refractivity contribution >= 4 is 21.6 Å². The standard InChI is InChI=1S/C18H36N4S/c1-7-9-11-13-17(3,4)19-15-21-22-16(23-15)20-18(5,6)14-12-10-8-2/h7-14H2,1-6H3,(H,19,21)(H,20,22). The van der Waals surface area contributed by atoms with Crippen LogP contribution in [0.2, 0.25) is 0 Å². The molecule has 134 valence electrons. The molecule has 0 spiro atoms. The van der Waals surface area contributed by atoms with Crippen LogP contribution in [0.5, 0.6) is 0 Å². The molecule has 1 heterocycles. The molecule has 1 rings (SSSR count). The molecule has 0 aliphatic rings. The summed E-state index contributed by atoms with van der Waals surface area (Å²) in [4.78, 5) is 0. The van der Waals surface area contributed by atoms with Gasteiger partial charge < -0.3 is 10.6 Å². The molecule has 0 aliphatic carbocycles. The maximum Gasteiger partial charge on any atom is 0.207 e. The molecule has 0 aromatic carbocycles. The summed E-state index contributed by atoms with van der Waals surface area (Å²) in [6.45, 7) is 13.5. The summed E-state index contributed by atoms with van der Waals surface area (Å²) < 4.78 is 0. The monoisotopic (exact) mass is 340 g/mol. The van der Waals surface area contributed by atoms with Gasteiger partial charge in [-0.05, 0) is 40.5 Å². The van der Waals surface area contributed by atoms with Crippen molar-refractivity contribution in [2.24, 2.45) is 0 Å². The molecule has 0 fully saturated rings. The molecule has 4 nitrogen and oxygen atoms in total. The number of anilines is 2. The molecule has 0 atom stereocenters. The van der Waals surface area contributed by atoms with Crippen LogP contribution < -0.4 is 10.6 Å². The van der Waals surface area contributed by atoms with E-state index in [0.717, 1.165) is 23.1 Å². The van der Waals surface area contributed by atoms with Crippen LogP contribution in [0, 0.1) is 0 Å². The van der Waals surface area contributed by atoms with Gasteiger partial charge in [-0.1, -0.05) is 63.7 Å². The van der Waals surface area contributed by atoms with Gasteiger partial charge in [0.05, 0.1) is 0 Å². The molecule has 0 saturated heterocycles. The number of hydrogen-bond donors (Lipinski definition) is 2. The van der Waals surface area contributed by atoms with E-state index in [4.69, 9.17) is 0 Å². The average molecular weight is 341 g/mol. The van der Waals surface area contributed by atoms with Crippen molar-refractivity contribution in [1.82, 2.24) is 10.2 Å². The van der Waals surface area contributed by atoms with Gasteiger partial charge in [0.2, 0.25) is 10.3 Å². The van der Waals surface area contributed by atoms with Crippen molar-refractivity contribution in [3.8, 4) is 0 Å². The Bertz CT molecular complexity index is 401. The summed E-state index contributed by atoms with van der Waals surface area (Å²) in [6.07, 6.45) is 9.93. The lowest BCUT2D eigenvalue weighted by Gasteiger charge is -2.26. The Hall–Kier alpha value is -0.840. The van der Waals surface area contributed by atoms with Crippen molar-refractivity contribution in [3.63, 3.8) is 0 Å². The lowest BCUT2D eigenvalue weighted by atomic mass is 9.97. The van der Waals surface area contributed by atoms with Crippen LogP contribution in [0.25, 0.3) is 0 Å². The predicted molar refractivity (Wildman–Crippen MR) is 104 cm³/mol. The first kappa shape index (κ1) is 20.2. The van der Waals surface area contributed by atoms with Crippen LogP contribution in [0.1, 0.15) is 92.9 Å². The van der Waals surface area contributed by atoms with Crippen LogP contribution in [0.3, 0.4) is 0 Å². The molecule has 0 amide bonds. The topological polar surface area (TPSA) is 49.8 Å².